The molecule has 2 atom stereocenters. The summed E-state index contributed by atoms with van der Waals surface area (Å²) >= 11 is 0. The van der Waals surface area contributed by atoms with Crippen LogP contribution in [0.25, 0.3) is 27.8 Å². The van der Waals surface area contributed by atoms with Gasteiger partial charge in [-0.05, 0) is 37.6 Å². The van der Waals surface area contributed by atoms with Gasteiger partial charge in [-0.15, -0.1) is 5.10 Å². The maximum Gasteiger partial charge on any atom is 0.154 e. The third-order valence-electron chi connectivity index (χ3n) is 5.58. The number of hydrogen-bond donors (Lipinski definition) is 1. The minimum atomic E-state index is 0.353. The van der Waals surface area contributed by atoms with Crippen LogP contribution in [-0.2, 0) is 4.74 Å². The van der Waals surface area contributed by atoms with Crippen LogP contribution in [0.3, 0.4) is 0 Å². The Balaban J connectivity index is 1.48. The molecule has 0 amide bonds. The lowest BCUT2D eigenvalue weighted by molar-refractivity contribution is 0.0988. The Morgan fingerprint density at radius 2 is 2.19 bits per heavy atom. The summed E-state index contributed by atoms with van der Waals surface area (Å²) in [5, 5.41) is 13.4. The highest BCUT2D eigenvalue weighted by atomic mass is 16.5. The van der Waals surface area contributed by atoms with Crippen LogP contribution in [0.1, 0.15) is 12.1 Å². The molecule has 0 unspecified atom stereocenters. The van der Waals surface area contributed by atoms with E-state index in [4.69, 9.17) is 9.84 Å². The van der Waals surface area contributed by atoms with E-state index in [9.17, 15) is 0 Å². The lowest BCUT2D eigenvalue weighted by atomic mass is 10.1. The molecule has 5 heterocycles. The van der Waals surface area contributed by atoms with E-state index in [0.29, 0.717) is 12.1 Å². The molecule has 2 aliphatic rings. The molecule has 2 aliphatic heterocycles. The van der Waals surface area contributed by atoms with Gasteiger partial charge in [0.1, 0.15) is 5.82 Å². The second-order valence-electron chi connectivity index (χ2n) is 7.18. The predicted octanol–water partition coefficient (Wildman–Crippen LogP) is 2.56. The fourth-order valence-corrected chi connectivity index (χ4v) is 4.19. The van der Waals surface area contributed by atoms with Gasteiger partial charge < -0.3 is 9.64 Å². The van der Waals surface area contributed by atoms with Crippen molar-refractivity contribution in [2.75, 3.05) is 18.1 Å². The maximum atomic E-state index is 5.72. The number of benzene rings is 1. The maximum absolute atomic E-state index is 5.72. The van der Waals surface area contributed by atoms with Crippen molar-refractivity contribution in [1.29, 1.82) is 0 Å². The molecule has 2 saturated heterocycles. The number of fused-ring (bicyclic) bond motifs is 4. The Bertz CT molecular complexity index is 1150. The van der Waals surface area contributed by atoms with Crippen LogP contribution in [-0.4, -0.2) is 50.1 Å². The molecule has 2 fully saturated rings. The van der Waals surface area contributed by atoms with E-state index >= 15 is 0 Å². The van der Waals surface area contributed by atoms with Crippen LogP contribution in [0.2, 0.25) is 0 Å². The van der Waals surface area contributed by atoms with Crippen molar-refractivity contribution in [3.8, 4) is 11.3 Å². The largest absolute Gasteiger partial charge is 0.374 e. The van der Waals surface area contributed by atoms with Gasteiger partial charge in [0.25, 0.3) is 0 Å². The Labute approximate surface area is 149 Å². The average Bonchev–Trinajstić information content (AvgIpc) is 3.44. The highest BCUT2D eigenvalue weighted by Gasteiger charge is 2.39. The van der Waals surface area contributed by atoms with Gasteiger partial charge in [-0.1, -0.05) is 6.07 Å². The minimum absolute atomic E-state index is 0.353. The molecule has 0 radical (unpaired) electrons. The first-order valence-electron chi connectivity index (χ1n) is 8.94. The molecular weight excluding hydrogens is 328 g/mol. The normalized spacial score (nSPS) is 22.1. The molecule has 4 aromatic rings. The van der Waals surface area contributed by atoms with Crippen molar-refractivity contribution in [3.63, 3.8) is 0 Å². The second kappa shape index (κ2) is 5.04. The van der Waals surface area contributed by atoms with E-state index in [1.807, 2.05) is 29.8 Å². The summed E-state index contributed by atoms with van der Waals surface area (Å²) in [6, 6.07) is 10.8. The summed E-state index contributed by atoms with van der Waals surface area (Å²) in [5.74, 6) is 0.994. The van der Waals surface area contributed by atoms with Gasteiger partial charge in [0.2, 0.25) is 0 Å². The highest BCUT2D eigenvalue weighted by Crippen LogP contribution is 2.32. The van der Waals surface area contributed by atoms with Gasteiger partial charge in [-0.3, -0.25) is 5.10 Å². The van der Waals surface area contributed by atoms with E-state index < -0.39 is 0 Å². The first kappa shape index (κ1) is 14.3. The van der Waals surface area contributed by atoms with Crippen molar-refractivity contribution < 1.29 is 4.74 Å². The Kier molecular flexibility index (Phi) is 2.77. The zero-order chi connectivity index (χ0) is 17.3. The Morgan fingerprint density at radius 3 is 3.04 bits per heavy atom. The minimum Gasteiger partial charge on any atom is -0.374 e. The molecule has 26 heavy (non-hydrogen) atoms. The van der Waals surface area contributed by atoms with Gasteiger partial charge in [0, 0.05) is 23.2 Å². The number of H-pyrrole nitrogens is 1. The zero-order valence-corrected chi connectivity index (χ0v) is 14.4. The summed E-state index contributed by atoms with van der Waals surface area (Å²) in [7, 11) is 0. The van der Waals surface area contributed by atoms with Crippen LogP contribution >= 0.6 is 0 Å². The average molecular weight is 346 g/mol. The van der Waals surface area contributed by atoms with Crippen LogP contribution < -0.4 is 4.90 Å². The van der Waals surface area contributed by atoms with Gasteiger partial charge in [-0.2, -0.15) is 5.10 Å². The molecule has 1 aromatic carbocycles. The Morgan fingerprint density at radius 1 is 1.23 bits per heavy atom. The number of aromatic nitrogens is 5. The first-order chi connectivity index (χ1) is 12.8. The van der Waals surface area contributed by atoms with Gasteiger partial charge >= 0.3 is 0 Å². The van der Waals surface area contributed by atoms with E-state index in [1.165, 1.54) is 0 Å². The third-order valence-corrected chi connectivity index (χ3v) is 5.58. The summed E-state index contributed by atoms with van der Waals surface area (Å²) in [6.07, 6.45) is 3.35. The summed E-state index contributed by atoms with van der Waals surface area (Å²) in [6.45, 7) is 3.76. The third kappa shape index (κ3) is 1.94. The fourth-order valence-electron chi connectivity index (χ4n) is 4.19. The molecule has 3 aromatic heterocycles. The monoisotopic (exact) mass is 346 g/mol. The molecule has 0 aliphatic carbocycles. The molecule has 130 valence electrons. The second-order valence-corrected chi connectivity index (χ2v) is 7.18. The number of ether oxygens (including phenoxy) is 1. The molecule has 7 nitrogen and oxygen atoms in total. The summed E-state index contributed by atoms with van der Waals surface area (Å²) in [5.41, 5.74) is 4.97. The van der Waals surface area contributed by atoms with Gasteiger partial charge in [-0.25, -0.2) is 9.50 Å². The van der Waals surface area contributed by atoms with E-state index in [-0.39, 0.29) is 0 Å². The van der Waals surface area contributed by atoms with Crippen molar-refractivity contribution >= 4 is 22.4 Å². The first-order valence-corrected chi connectivity index (χ1v) is 8.94. The summed E-state index contributed by atoms with van der Waals surface area (Å²) < 4.78 is 7.66. The van der Waals surface area contributed by atoms with Crippen molar-refractivity contribution in [2.45, 2.75) is 25.5 Å². The van der Waals surface area contributed by atoms with Crippen LogP contribution in [0.4, 0.5) is 5.82 Å². The van der Waals surface area contributed by atoms with Crippen LogP contribution in [0, 0.1) is 6.92 Å². The number of hydrogen-bond acceptors (Lipinski definition) is 5. The lowest BCUT2D eigenvalue weighted by Crippen LogP contribution is -2.37. The number of nitrogens with one attached hydrogen (secondary N) is 1. The molecular formula is C19H18N6O. The smallest absolute Gasteiger partial charge is 0.154 e. The van der Waals surface area contributed by atoms with E-state index in [0.717, 1.165) is 58.9 Å². The SMILES string of the molecule is Cc1[nH]nc2ccc(-c3cnc4ccc(N5C[C@@H]6C[C@H]5CO6)nn34)cc12. The lowest BCUT2D eigenvalue weighted by Gasteiger charge is -2.27. The van der Waals surface area contributed by atoms with Crippen molar-refractivity contribution in [1.82, 2.24) is 24.8 Å². The van der Waals surface area contributed by atoms with E-state index in [2.05, 4.69) is 38.3 Å². The number of morpholine rings is 1. The quantitative estimate of drug-likeness (QED) is 0.604. The standard InChI is InChI=1S/C19H18N6O/c1-11-15-6-12(2-3-16(15)22-21-11)17-8-20-18-4-5-19(23-25(17)18)24-9-14-7-13(24)10-26-14/h2-6,8,13-14H,7,9-10H2,1H3,(H,21,22)/t13-,14-/m0/s1. The number of nitrogens with zero attached hydrogens (tertiary/aromatic N) is 5. The number of aromatic amines is 1. The predicted molar refractivity (Wildman–Crippen MR) is 98.3 cm³/mol. The molecule has 0 saturated carbocycles. The molecule has 2 bridgehead atoms. The van der Waals surface area contributed by atoms with Crippen molar-refractivity contribution in [3.05, 3.63) is 42.2 Å². The number of imidazole rings is 1. The molecule has 0 spiro atoms. The van der Waals surface area contributed by atoms with E-state index in [1.54, 1.807) is 0 Å². The molecule has 1 N–H and O–H groups in total. The number of anilines is 1. The Hall–Kier alpha value is -2.93. The van der Waals surface area contributed by atoms with Crippen LogP contribution in [0.5, 0.6) is 0 Å². The van der Waals surface area contributed by atoms with Gasteiger partial charge in [0.15, 0.2) is 5.65 Å². The topological polar surface area (TPSA) is 71.3 Å². The molecule has 6 rings (SSSR count). The van der Waals surface area contributed by atoms with Gasteiger partial charge in [0.05, 0.1) is 36.2 Å². The zero-order valence-electron chi connectivity index (χ0n) is 14.4. The molecule has 7 heteroatoms. The summed E-state index contributed by atoms with van der Waals surface area (Å²) in [4.78, 5) is 6.90. The van der Waals surface area contributed by atoms with Crippen LogP contribution in [0.15, 0.2) is 36.5 Å². The number of aryl methyl sites for hydroxylation is 1. The number of rotatable bonds is 2. The van der Waals surface area contributed by atoms with Crippen molar-refractivity contribution in [2.24, 2.45) is 0 Å². The fraction of sp³-hybridized carbons (Fsp3) is 0.316. The highest BCUT2D eigenvalue weighted by molar-refractivity contribution is 5.86.